The van der Waals surface area contributed by atoms with Crippen molar-refractivity contribution in [3.63, 3.8) is 0 Å². The third-order valence-electron chi connectivity index (χ3n) is 2.31. The lowest BCUT2D eigenvalue weighted by Crippen LogP contribution is -2.31. The number of nitrogens with one attached hydrogen (secondary N) is 1. The Balaban J connectivity index is 2.39. The minimum Gasteiger partial charge on any atom is -0.348 e. The van der Waals surface area contributed by atoms with Crippen LogP contribution < -0.4 is 5.32 Å². The highest BCUT2D eigenvalue weighted by atomic mass is 32.2. The van der Waals surface area contributed by atoms with Gasteiger partial charge in [0.15, 0.2) is 0 Å². The van der Waals surface area contributed by atoms with E-state index < -0.39 is 15.9 Å². The van der Waals surface area contributed by atoms with Gasteiger partial charge < -0.3 is 5.32 Å². The van der Waals surface area contributed by atoms with E-state index in [0.29, 0.717) is 18.7 Å². The number of benzene rings is 1. The molecule has 0 fully saturated rings. The second-order valence-electron chi connectivity index (χ2n) is 3.65. The molecule has 0 bridgehead atoms. The predicted octanol–water partition coefficient (Wildman–Crippen LogP) is 1.53. The second kappa shape index (κ2) is 7.52. The van der Waals surface area contributed by atoms with Crippen molar-refractivity contribution in [3.8, 4) is 0 Å². The van der Waals surface area contributed by atoms with Gasteiger partial charge in [-0.15, -0.1) is 0 Å². The minimum atomic E-state index is -0.603. The standard InChI is InChI=1S/C12H14N2O4S/c1-2-19-12(16)11(15)13-8-7-9-3-5-10(6-4-9)14(17)18/h3-6H,2,7-8H2,1H3,(H,13,15)/i11+1,12+1. The monoisotopic (exact) mass is 284 g/mol. The first kappa shape index (κ1) is 15.2. The van der Waals surface area contributed by atoms with Crippen LogP contribution in [0.2, 0.25) is 0 Å². The SMILES string of the molecule is CCS[13C](=O)[13C](=O)NCCc1ccc([N+](=O)[O-])cc1. The first-order valence-electron chi connectivity index (χ1n) is 5.73. The summed E-state index contributed by atoms with van der Waals surface area (Å²) in [6, 6.07) is 6.09. The summed E-state index contributed by atoms with van der Waals surface area (Å²) in [5.41, 5.74) is 0.892. The van der Waals surface area contributed by atoms with Gasteiger partial charge in [0.1, 0.15) is 0 Å². The second-order valence-corrected chi connectivity index (χ2v) is 4.89. The summed E-state index contributed by atoms with van der Waals surface area (Å²) >= 11 is 0.965. The number of nitrogens with zero attached hydrogens (tertiary/aromatic N) is 1. The molecular weight excluding hydrogens is 270 g/mol. The molecular formula is C12H14N2O4S. The van der Waals surface area contributed by atoms with Crippen LogP contribution in [-0.2, 0) is 16.0 Å². The summed E-state index contributed by atoms with van der Waals surface area (Å²) in [6.07, 6.45) is 0.522. The van der Waals surface area contributed by atoms with Gasteiger partial charge in [0, 0.05) is 18.7 Å². The third kappa shape index (κ3) is 5.09. The topological polar surface area (TPSA) is 89.3 Å². The molecule has 1 N–H and O–H groups in total. The van der Waals surface area contributed by atoms with Crippen LogP contribution in [0.3, 0.4) is 0 Å². The molecule has 1 aromatic carbocycles. The smallest absolute Gasteiger partial charge is 0.298 e. The summed E-state index contributed by atoms with van der Waals surface area (Å²) in [5, 5.41) is 12.5. The molecule has 102 valence electrons. The van der Waals surface area contributed by atoms with Gasteiger partial charge in [0.2, 0.25) is 0 Å². The van der Waals surface area contributed by atoms with Gasteiger partial charge in [0.25, 0.3) is 16.7 Å². The first-order valence-corrected chi connectivity index (χ1v) is 6.71. The zero-order valence-corrected chi connectivity index (χ0v) is 11.2. The van der Waals surface area contributed by atoms with E-state index in [0.717, 1.165) is 17.3 Å². The summed E-state index contributed by atoms with van der Waals surface area (Å²) in [6.45, 7) is 2.12. The number of carbonyl (C=O) groups is 2. The van der Waals surface area contributed by atoms with Gasteiger partial charge in [-0.2, -0.15) is 0 Å². The Bertz CT molecular complexity index is 473. The quantitative estimate of drug-likeness (QED) is 0.383. The van der Waals surface area contributed by atoms with E-state index >= 15 is 0 Å². The van der Waals surface area contributed by atoms with Crippen molar-refractivity contribution in [1.82, 2.24) is 5.32 Å². The van der Waals surface area contributed by atoms with Crippen molar-refractivity contribution in [3.05, 3.63) is 39.9 Å². The molecule has 0 radical (unpaired) electrons. The minimum absolute atomic E-state index is 0.0299. The van der Waals surface area contributed by atoms with E-state index in [1.165, 1.54) is 12.1 Å². The highest BCUT2D eigenvalue weighted by molar-refractivity contribution is 8.15. The van der Waals surface area contributed by atoms with Gasteiger partial charge in [-0.25, -0.2) is 0 Å². The zero-order chi connectivity index (χ0) is 14.3. The molecule has 0 unspecified atom stereocenters. The van der Waals surface area contributed by atoms with E-state index in [1.807, 2.05) is 0 Å². The number of thioether (sulfide) groups is 1. The van der Waals surface area contributed by atoms with Crippen molar-refractivity contribution in [1.29, 1.82) is 0 Å². The van der Waals surface area contributed by atoms with Crippen LogP contribution in [0.4, 0.5) is 5.69 Å². The molecule has 0 atom stereocenters. The average Bonchev–Trinajstić information content (AvgIpc) is 2.39. The zero-order valence-electron chi connectivity index (χ0n) is 10.4. The van der Waals surface area contributed by atoms with E-state index in [2.05, 4.69) is 5.32 Å². The molecule has 0 aromatic heterocycles. The lowest BCUT2D eigenvalue weighted by molar-refractivity contribution is -0.384. The number of nitro benzene ring substituents is 1. The molecule has 6 nitrogen and oxygen atoms in total. The predicted molar refractivity (Wildman–Crippen MR) is 72.9 cm³/mol. The Morgan fingerprint density at radius 1 is 1.32 bits per heavy atom. The normalized spacial score (nSPS) is 9.95. The van der Waals surface area contributed by atoms with Crippen LogP contribution in [0.25, 0.3) is 0 Å². The van der Waals surface area contributed by atoms with Crippen molar-refractivity contribution in [2.24, 2.45) is 0 Å². The van der Waals surface area contributed by atoms with Crippen molar-refractivity contribution in [2.75, 3.05) is 12.3 Å². The highest BCUT2D eigenvalue weighted by Gasteiger charge is 2.12. The molecule has 0 aliphatic carbocycles. The first-order chi connectivity index (χ1) is 9.04. The van der Waals surface area contributed by atoms with E-state index in [-0.39, 0.29) is 5.69 Å². The van der Waals surface area contributed by atoms with Crippen LogP contribution in [-0.4, -0.2) is 28.2 Å². The summed E-state index contributed by atoms with van der Waals surface area (Å²) < 4.78 is 0. The van der Waals surface area contributed by atoms with Gasteiger partial charge in [-0.3, -0.25) is 19.7 Å². The van der Waals surface area contributed by atoms with Crippen LogP contribution in [0.1, 0.15) is 12.5 Å². The number of rotatable bonds is 5. The lowest BCUT2D eigenvalue weighted by atomic mass is 10.1. The fourth-order valence-corrected chi connectivity index (χ4v) is 1.84. The Labute approximate surface area is 114 Å². The molecule has 1 rings (SSSR count). The summed E-state index contributed by atoms with van der Waals surface area (Å²) in [5.74, 6) is -0.0389. The number of non-ortho nitro benzene ring substituents is 1. The fourth-order valence-electron chi connectivity index (χ4n) is 1.37. The molecule has 1 aromatic rings. The number of nitro groups is 1. The maximum Gasteiger partial charge on any atom is 0.298 e. The highest BCUT2D eigenvalue weighted by Crippen LogP contribution is 2.11. The maximum atomic E-state index is 11.3. The molecule has 0 aliphatic rings. The van der Waals surface area contributed by atoms with Gasteiger partial charge in [-0.05, 0) is 17.7 Å². The van der Waals surface area contributed by atoms with Crippen LogP contribution in [0, 0.1) is 10.1 Å². The average molecular weight is 284 g/mol. The molecule has 0 aliphatic heterocycles. The Morgan fingerprint density at radius 3 is 2.47 bits per heavy atom. The summed E-state index contributed by atoms with van der Waals surface area (Å²) in [4.78, 5) is 32.5. The van der Waals surface area contributed by atoms with Crippen molar-refractivity contribution in [2.45, 2.75) is 13.3 Å². The lowest BCUT2D eigenvalue weighted by Gasteiger charge is -2.03. The third-order valence-corrected chi connectivity index (χ3v) is 3.04. The number of carbonyl (C=O) groups excluding carboxylic acids is 2. The van der Waals surface area contributed by atoms with Gasteiger partial charge in [0.05, 0.1) is 4.92 Å². The maximum absolute atomic E-state index is 11.3. The van der Waals surface area contributed by atoms with E-state index in [1.54, 1.807) is 19.1 Å². The molecule has 0 saturated heterocycles. The van der Waals surface area contributed by atoms with Gasteiger partial charge >= 0.3 is 0 Å². The molecule has 19 heavy (non-hydrogen) atoms. The van der Waals surface area contributed by atoms with Crippen LogP contribution in [0.15, 0.2) is 24.3 Å². The fraction of sp³-hybridized carbons (Fsp3) is 0.333. The summed E-state index contributed by atoms with van der Waals surface area (Å²) in [7, 11) is 0. The Kier molecular flexibility index (Phi) is 6.01. The molecule has 0 heterocycles. The largest absolute Gasteiger partial charge is 0.348 e. The number of hydrogen-bond donors (Lipinski definition) is 1. The van der Waals surface area contributed by atoms with Gasteiger partial charge in [-0.1, -0.05) is 30.8 Å². The van der Waals surface area contributed by atoms with E-state index in [9.17, 15) is 19.7 Å². The van der Waals surface area contributed by atoms with Crippen molar-refractivity contribution < 1.29 is 14.5 Å². The Hall–Kier alpha value is -1.89. The van der Waals surface area contributed by atoms with Crippen LogP contribution in [0.5, 0.6) is 0 Å². The van der Waals surface area contributed by atoms with Crippen molar-refractivity contribution >= 4 is 28.5 Å². The molecule has 0 saturated carbocycles. The molecule has 0 spiro atoms. The molecule has 1 amide bonds. The Morgan fingerprint density at radius 2 is 1.95 bits per heavy atom. The van der Waals surface area contributed by atoms with Crippen LogP contribution >= 0.6 is 11.8 Å². The molecule has 7 heteroatoms. The number of hydrogen-bond acceptors (Lipinski definition) is 5. The van der Waals surface area contributed by atoms with E-state index in [4.69, 9.17) is 0 Å². The number of amides is 1.